The van der Waals surface area contributed by atoms with Gasteiger partial charge in [0.05, 0.1) is 26.6 Å². The van der Waals surface area contributed by atoms with Crippen LogP contribution in [0, 0.1) is 0 Å². The number of methoxy groups -OCH3 is 1. The molecule has 0 N–H and O–H groups in total. The van der Waals surface area contributed by atoms with Gasteiger partial charge in [-0.3, -0.25) is 9.59 Å². The Kier molecular flexibility index (Phi) is 11.5. The number of unbranched alkanes of at least 4 members (excludes halogenated alkanes) is 5. The molecule has 0 aliphatic heterocycles. The van der Waals surface area contributed by atoms with Crippen LogP contribution in [0.2, 0.25) is 5.02 Å². The molecular formula is C20H29ClO5. The normalized spacial score (nSPS) is 10.4. The lowest BCUT2D eigenvalue weighted by atomic mass is 10.1. The first-order valence-electron chi connectivity index (χ1n) is 9.20. The summed E-state index contributed by atoms with van der Waals surface area (Å²) in [5.74, 6) is -0.248. The first-order chi connectivity index (χ1) is 12.6. The molecule has 5 nitrogen and oxygen atoms in total. The molecule has 0 aliphatic rings. The van der Waals surface area contributed by atoms with Crippen LogP contribution in [0.25, 0.3) is 0 Å². The molecule has 0 saturated carbocycles. The number of hydrogen-bond donors (Lipinski definition) is 0. The van der Waals surface area contributed by atoms with Gasteiger partial charge in [-0.05, 0) is 18.6 Å². The highest BCUT2D eigenvalue weighted by Gasteiger charge is 2.11. The fourth-order valence-electron chi connectivity index (χ4n) is 2.41. The van der Waals surface area contributed by atoms with Crippen LogP contribution in [0.1, 0.15) is 63.9 Å². The molecule has 0 bridgehead atoms. The molecule has 0 aliphatic carbocycles. The summed E-state index contributed by atoms with van der Waals surface area (Å²) >= 11 is 5.89. The Labute approximate surface area is 161 Å². The van der Waals surface area contributed by atoms with E-state index in [-0.39, 0.29) is 25.4 Å². The van der Waals surface area contributed by atoms with Crippen molar-refractivity contribution in [2.75, 3.05) is 13.7 Å². The van der Waals surface area contributed by atoms with Crippen molar-refractivity contribution in [1.82, 2.24) is 0 Å². The molecule has 6 heteroatoms. The van der Waals surface area contributed by atoms with Crippen molar-refractivity contribution in [3.05, 3.63) is 28.8 Å². The summed E-state index contributed by atoms with van der Waals surface area (Å²) in [4.78, 5) is 23.4. The quantitative estimate of drug-likeness (QED) is 0.350. The molecule has 0 aromatic heterocycles. The lowest BCUT2D eigenvalue weighted by Gasteiger charge is -2.10. The van der Waals surface area contributed by atoms with Gasteiger partial charge in [0, 0.05) is 10.6 Å². The molecule has 146 valence electrons. The minimum atomic E-state index is -0.446. The smallest absolute Gasteiger partial charge is 0.306 e. The summed E-state index contributed by atoms with van der Waals surface area (Å²) < 4.78 is 15.5. The maximum Gasteiger partial charge on any atom is 0.306 e. The van der Waals surface area contributed by atoms with E-state index in [2.05, 4.69) is 6.92 Å². The van der Waals surface area contributed by atoms with Gasteiger partial charge in [0.15, 0.2) is 0 Å². The molecule has 0 unspecified atom stereocenters. The van der Waals surface area contributed by atoms with Crippen molar-refractivity contribution in [1.29, 1.82) is 0 Å². The molecule has 0 spiro atoms. The fraction of sp³-hybridized carbons (Fsp3) is 0.600. The van der Waals surface area contributed by atoms with Crippen LogP contribution in [0.3, 0.4) is 0 Å². The maximum absolute atomic E-state index is 11.8. The molecular weight excluding hydrogens is 356 g/mol. The highest BCUT2D eigenvalue weighted by molar-refractivity contribution is 6.30. The Bertz CT molecular complexity index is 559. The third-order valence-electron chi connectivity index (χ3n) is 3.93. The zero-order chi connectivity index (χ0) is 19.2. The predicted molar refractivity (Wildman–Crippen MR) is 101 cm³/mol. The van der Waals surface area contributed by atoms with Crippen molar-refractivity contribution in [2.24, 2.45) is 0 Å². The van der Waals surface area contributed by atoms with E-state index in [1.165, 1.54) is 32.8 Å². The number of benzene rings is 1. The molecule has 26 heavy (non-hydrogen) atoms. The zero-order valence-electron chi connectivity index (χ0n) is 15.7. The van der Waals surface area contributed by atoms with Crippen molar-refractivity contribution in [3.8, 4) is 5.75 Å². The van der Waals surface area contributed by atoms with Crippen molar-refractivity contribution < 1.29 is 23.8 Å². The van der Waals surface area contributed by atoms with E-state index in [4.69, 9.17) is 25.8 Å². The number of ether oxygens (including phenoxy) is 3. The predicted octanol–water partition coefficient (Wildman–Crippen LogP) is 5.08. The van der Waals surface area contributed by atoms with Crippen LogP contribution < -0.4 is 4.74 Å². The minimum Gasteiger partial charge on any atom is -0.496 e. The van der Waals surface area contributed by atoms with Gasteiger partial charge in [-0.1, -0.05) is 56.7 Å². The Morgan fingerprint density at radius 3 is 2.31 bits per heavy atom. The molecule has 0 saturated heterocycles. The largest absolute Gasteiger partial charge is 0.496 e. The van der Waals surface area contributed by atoms with Gasteiger partial charge in [-0.2, -0.15) is 0 Å². The van der Waals surface area contributed by atoms with Crippen molar-refractivity contribution in [2.45, 2.75) is 64.9 Å². The van der Waals surface area contributed by atoms with Crippen LogP contribution in [0.5, 0.6) is 5.75 Å². The second-order valence-corrected chi connectivity index (χ2v) is 6.54. The molecule has 1 rings (SSSR count). The van der Waals surface area contributed by atoms with E-state index in [1.54, 1.807) is 18.2 Å². The summed E-state index contributed by atoms with van der Waals surface area (Å²) in [6, 6.07) is 5.10. The lowest BCUT2D eigenvalue weighted by Crippen LogP contribution is -2.11. The maximum atomic E-state index is 11.8. The van der Waals surface area contributed by atoms with Crippen LogP contribution in [0.15, 0.2) is 18.2 Å². The summed E-state index contributed by atoms with van der Waals surface area (Å²) in [5.41, 5.74) is 0.718. The summed E-state index contributed by atoms with van der Waals surface area (Å²) in [5, 5.41) is 0.546. The monoisotopic (exact) mass is 384 g/mol. The first kappa shape index (κ1) is 22.3. The standard InChI is InChI=1S/C20H29ClO5/c1-3-4-5-6-7-8-13-25-19(22)11-12-20(23)26-15-16-9-10-17(21)14-18(16)24-2/h9-10,14H,3-8,11-13,15H2,1-2H3. The van der Waals surface area contributed by atoms with E-state index < -0.39 is 5.97 Å². The molecule has 0 atom stereocenters. The number of halogens is 1. The molecule has 0 radical (unpaired) electrons. The molecule has 0 amide bonds. The third kappa shape index (κ3) is 9.66. The van der Waals surface area contributed by atoms with E-state index in [0.29, 0.717) is 17.4 Å². The van der Waals surface area contributed by atoms with E-state index >= 15 is 0 Å². The van der Waals surface area contributed by atoms with E-state index in [0.717, 1.165) is 18.4 Å². The topological polar surface area (TPSA) is 61.8 Å². The zero-order valence-corrected chi connectivity index (χ0v) is 16.5. The average Bonchev–Trinajstić information content (AvgIpc) is 2.64. The number of rotatable bonds is 13. The second-order valence-electron chi connectivity index (χ2n) is 6.11. The van der Waals surface area contributed by atoms with Crippen LogP contribution in [-0.2, 0) is 25.7 Å². The van der Waals surface area contributed by atoms with Gasteiger partial charge in [-0.25, -0.2) is 0 Å². The van der Waals surface area contributed by atoms with Gasteiger partial charge >= 0.3 is 11.9 Å². The Hall–Kier alpha value is -1.75. The van der Waals surface area contributed by atoms with Crippen LogP contribution >= 0.6 is 11.6 Å². The van der Waals surface area contributed by atoms with Gasteiger partial charge in [0.1, 0.15) is 12.4 Å². The summed E-state index contributed by atoms with van der Waals surface area (Å²) in [6.07, 6.45) is 6.85. The number of carbonyl (C=O) groups is 2. The van der Waals surface area contributed by atoms with E-state index in [9.17, 15) is 9.59 Å². The highest BCUT2D eigenvalue weighted by atomic mass is 35.5. The summed E-state index contributed by atoms with van der Waals surface area (Å²) in [6.45, 7) is 2.67. The van der Waals surface area contributed by atoms with Gasteiger partial charge in [-0.15, -0.1) is 0 Å². The Morgan fingerprint density at radius 2 is 1.62 bits per heavy atom. The molecule has 0 heterocycles. The van der Waals surface area contributed by atoms with Crippen LogP contribution in [-0.4, -0.2) is 25.7 Å². The number of hydrogen-bond acceptors (Lipinski definition) is 5. The van der Waals surface area contributed by atoms with Crippen molar-refractivity contribution >= 4 is 23.5 Å². The van der Waals surface area contributed by atoms with Gasteiger partial charge in [0.25, 0.3) is 0 Å². The van der Waals surface area contributed by atoms with E-state index in [1.807, 2.05) is 0 Å². The minimum absolute atomic E-state index is 0.00520. The average molecular weight is 385 g/mol. The fourth-order valence-corrected chi connectivity index (χ4v) is 2.57. The Balaban J connectivity index is 2.15. The van der Waals surface area contributed by atoms with Crippen LogP contribution in [0.4, 0.5) is 0 Å². The lowest BCUT2D eigenvalue weighted by molar-refractivity contribution is -0.151. The molecule has 1 aromatic carbocycles. The van der Waals surface area contributed by atoms with Crippen molar-refractivity contribution in [3.63, 3.8) is 0 Å². The van der Waals surface area contributed by atoms with Gasteiger partial charge < -0.3 is 14.2 Å². The Morgan fingerprint density at radius 1 is 0.962 bits per heavy atom. The first-order valence-corrected chi connectivity index (χ1v) is 9.58. The highest BCUT2D eigenvalue weighted by Crippen LogP contribution is 2.23. The molecule has 1 aromatic rings. The summed E-state index contributed by atoms with van der Waals surface area (Å²) in [7, 11) is 1.52. The number of esters is 2. The van der Waals surface area contributed by atoms with Gasteiger partial charge in [0.2, 0.25) is 0 Å². The SMILES string of the molecule is CCCCCCCCOC(=O)CCC(=O)OCc1ccc(Cl)cc1OC. The molecule has 0 fully saturated rings. The third-order valence-corrected chi connectivity index (χ3v) is 4.17. The number of carbonyl (C=O) groups excluding carboxylic acids is 2. The second kappa shape index (κ2) is 13.5.